The number of rotatable bonds is 1. The average molecular weight is 165 g/mol. The topological polar surface area (TPSA) is 91.8 Å². The van der Waals surface area contributed by atoms with Crippen LogP contribution in [0.2, 0.25) is 0 Å². The number of hydrogen-bond acceptors (Lipinski definition) is 5. The number of nitrogens with one attached hydrogen (secondary N) is 1. The largest absolute Gasteiger partial charge is 0.279 e. The van der Waals surface area contributed by atoms with E-state index in [4.69, 9.17) is 0 Å². The van der Waals surface area contributed by atoms with Crippen LogP contribution >= 0.6 is 0 Å². The minimum Gasteiger partial charge on any atom is -0.269 e. The van der Waals surface area contributed by atoms with Gasteiger partial charge >= 0.3 is 0 Å². The number of aromatic amines is 1. The van der Waals surface area contributed by atoms with E-state index in [0.29, 0.717) is 0 Å². The van der Waals surface area contributed by atoms with E-state index in [0.717, 1.165) is 17.1 Å². The molecule has 12 heavy (non-hydrogen) atoms. The second-order valence-corrected chi connectivity index (χ2v) is 2.06. The summed E-state index contributed by atoms with van der Waals surface area (Å²) in [7, 11) is 0. The monoisotopic (exact) mass is 165 g/mol. The molecule has 2 heterocycles. The summed E-state index contributed by atoms with van der Waals surface area (Å²) in [6.07, 6.45) is 2.30. The van der Waals surface area contributed by atoms with E-state index in [1.165, 1.54) is 0 Å². The highest BCUT2D eigenvalue weighted by molar-refractivity contribution is 6.27. The Hall–Kier alpha value is -2.05. The summed E-state index contributed by atoms with van der Waals surface area (Å²) in [6.45, 7) is 0. The minimum atomic E-state index is -0.457. The van der Waals surface area contributed by atoms with Crippen molar-refractivity contribution < 1.29 is 9.59 Å². The molecule has 60 valence electrons. The van der Waals surface area contributed by atoms with Gasteiger partial charge in [-0.2, -0.15) is 5.21 Å². The molecule has 1 N–H and O–H groups in total. The summed E-state index contributed by atoms with van der Waals surface area (Å²) >= 11 is 0. The molecule has 1 aromatic rings. The lowest BCUT2D eigenvalue weighted by atomic mass is 10.6. The summed E-state index contributed by atoms with van der Waals surface area (Å²) in [5.41, 5.74) is 0. The molecule has 0 aliphatic carbocycles. The van der Waals surface area contributed by atoms with Gasteiger partial charge in [-0.1, -0.05) is 5.10 Å². The predicted octanol–water partition coefficient (Wildman–Crippen LogP) is -1.37. The summed E-state index contributed by atoms with van der Waals surface area (Å²) in [5.74, 6) is -0.946. The number of anilines is 1. The van der Waals surface area contributed by atoms with Gasteiger partial charge in [0.15, 0.2) is 0 Å². The summed E-state index contributed by atoms with van der Waals surface area (Å²) in [6, 6.07) is 0. The first-order valence-corrected chi connectivity index (χ1v) is 3.08. The number of hydrogen-bond donors (Lipinski definition) is 1. The van der Waals surface area contributed by atoms with Gasteiger partial charge in [0.1, 0.15) is 0 Å². The van der Waals surface area contributed by atoms with Crippen molar-refractivity contribution in [1.29, 1.82) is 0 Å². The first-order valence-electron chi connectivity index (χ1n) is 3.08. The van der Waals surface area contributed by atoms with Gasteiger partial charge in [-0.25, -0.2) is 4.90 Å². The number of H-pyrrole nitrogens is 1. The minimum absolute atomic E-state index is 0.0324. The third-order valence-electron chi connectivity index (χ3n) is 1.34. The number of aromatic nitrogens is 4. The van der Waals surface area contributed by atoms with E-state index in [9.17, 15) is 9.59 Å². The molecule has 0 saturated heterocycles. The molecule has 2 amide bonds. The van der Waals surface area contributed by atoms with E-state index < -0.39 is 11.8 Å². The van der Waals surface area contributed by atoms with E-state index in [-0.39, 0.29) is 5.95 Å². The van der Waals surface area contributed by atoms with Crippen LogP contribution in [0.25, 0.3) is 0 Å². The molecule has 0 aromatic carbocycles. The van der Waals surface area contributed by atoms with Gasteiger partial charge in [0.2, 0.25) is 0 Å². The Bertz CT molecular complexity index is 336. The normalized spacial score (nSPS) is 16.2. The number of nitrogens with zero attached hydrogens (tertiary/aromatic N) is 4. The van der Waals surface area contributed by atoms with Crippen molar-refractivity contribution in [2.45, 2.75) is 0 Å². The molecule has 7 nitrogen and oxygen atoms in total. The Labute approximate surface area is 66.1 Å². The van der Waals surface area contributed by atoms with Crippen molar-refractivity contribution in [2.75, 3.05) is 4.90 Å². The lowest BCUT2D eigenvalue weighted by Gasteiger charge is -2.05. The Morgan fingerprint density at radius 3 is 2.42 bits per heavy atom. The smallest absolute Gasteiger partial charge is 0.269 e. The van der Waals surface area contributed by atoms with Crippen molar-refractivity contribution in [2.24, 2.45) is 0 Å². The number of tetrazole rings is 1. The van der Waals surface area contributed by atoms with Crippen LogP contribution in [0.15, 0.2) is 12.2 Å². The van der Waals surface area contributed by atoms with Crippen LogP contribution in [0.1, 0.15) is 0 Å². The second-order valence-electron chi connectivity index (χ2n) is 2.06. The van der Waals surface area contributed by atoms with Gasteiger partial charge < -0.3 is 0 Å². The van der Waals surface area contributed by atoms with Crippen molar-refractivity contribution in [3.8, 4) is 0 Å². The maximum atomic E-state index is 11.0. The number of carbonyl (C=O) groups excluding carboxylic acids is 2. The Balaban J connectivity index is 2.37. The van der Waals surface area contributed by atoms with Crippen molar-refractivity contribution in [3.63, 3.8) is 0 Å². The van der Waals surface area contributed by atoms with Crippen LogP contribution in [0, 0.1) is 0 Å². The van der Waals surface area contributed by atoms with Crippen LogP contribution in [0.4, 0.5) is 5.95 Å². The highest BCUT2D eigenvalue weighted by Crippen LogP contribution is 2.10. The van der Waals surface area contributed by atoms with E-state index in [1.807, 2.05) is 0 Å². The fraction of sp³-hybridized carbons (Fsp3) is 0. The molecule has 1 aliphatic rings. The van der Waals surface area contributed by atoms with Gasteiger partial charge in [0.05, 0.1) is 0 Å². The van der Waals surface area contributed by atoms with Crippen molar-refractivity contribution in [3.05, 3.63) is 12.2 Å². The maximum absolute atomic E-state index is 11.0. The van der Waals surface area contributed by atoms with Gasteiger partial charge in [-0.05, 0) is 5.21 Å². The summed E-state index contributed by atoms with van der Waals surface area (Å²) < 4.78 is 0. The Morgan fingerprint density at radius 1 is 1.25 bits per heavy atom. The zero-order chi connectivity index (χ0) is 8.55. The highest BCUT2D eigenvalue weighted by Gasteiger charge is 2.28. The van der Waals surface area contributed by atoms with Crippen LogP contribution < -0.4 is 4.90 Å². The molecule has 0 unspecified atom stereocenters. The first-order chi connectivity index (χ1) is 5.79. The number of imide groups is 1. The third-order valence-corrected chi connectivity index (χ3v) is 1.34. The van der Waals surface area contributed by atoms with Gasteiger partial charge in [-0.15, -0.1) is 5.10 Å². The molecule has 7 heteroatoms. The second kappa shape index (κ2) is 2.22. The molecular weight excluding hydrogens is 162 g/mol. The Kier molecular flexibility index (Phi) is 1.23. The van der Waals surface area contributed by atoms with Crippen LogP contribution in [-0.4, -0.2) is 32.4 Å². The highest BCUT2D eigenvalue weighted by atomic mass is 16.2. The molecule has 0 saturated carbocycles. The Morgan fingerprint density at radius 2 is 1.92 bits per heavy atom. The third kappa shape index (κ3) is 0.797. The molecule has 0 fully saturated rings. The number of amides is 2. The van der Waals surface area contributed by atoms with Crippen LogP contribution in [0.5, 0.6) is 0 Å². The van der Waals surface area contributed by atoms with Gasteiger partial charge in [0, 0.05) is 12.2 Å². The average Bonchev–Trinajstić information content (AvgIpc) is 2.61. The first kappa shape index (κ1) is 6.65. The molecule has 1 aromatic heterocycles. The zero-order valence-corrected chi connectivity index (χ0v) is 5.76. The molecule has 0 spiro atoms. The van der Waals surface area contributed by atoms with Gasteiger partial charge in [0.25, 0.3) is 17.8 Å². The van der Waals surface area contributed by atoms with Gasteiger partial charge in [-0.3, -0.25) is 9.59 Å². The quantitative estimate of drug-likeness (QED) is 0.518. The van der Waals surface area contributed by atoms with E-state index in [1.54, 1.807) is 0 Å². The maximum Gasteiger partial charge on any atom is 0.279 e. The predicted molar refractivity (Wildman–Crippen MR) is 35.8 cm³/mol. The van der Waals surface area contributed by atoms with Crippen LogP contribution in [-0.2, 0) is 9.59 Å². The number of carbonyl (C=O) groups is 2. The van der Waals surface area contributed by atoms with E-state index in [2.05, 4.69) is 20.6 Å². The molecule has 2 rings (SSSR count). The fourth-order valence-corrected chi connectivity index (χ4v) is 0.849. The lowest BCUT2D eigenvalue weighted by Crippen LogP contribution is -2.30. The molecular formula is C5H3N5O2. The molecule has 0 bridgehead atoms. The zero-order valence-electron chi connectivity index (χ0n) is 5.76. The van der Waals surface area contributed by atoms with Crippen LogP contribution in [0.3, 0.4) is 0 Å². The standard InChI is InChI=1S/C5H3N5O2/c11-3-1-2-4(12)10(3)5-6-8-9-7-5/h1-2H,(H,6,7,8,9). The van der Waals surface area contributed by atoms with Crippen molar-refractivity contribution >= 4 is 17.8 Å². The SMILES string of the molecule is O=C1C=CC(=O)N1c1nn[nH]n1. The fourth-order valence-electron chi connectivity index (χ4n) is 0.849. The summed E-state index contributed by atoms with van der Waals surface area (Å²) in [4.78, 5) is 22.8. The summed E-state index contributed by atoms with van der Waals surface area (Å²) in [5, 5.41) is 12.4. The molecule has 1 aliphatic heterocycles. The van der Waals surface area contributed by atoms with Crippen molar-refractivity contribution in [1.82, 2.24) is 20.6 Å². The molecule has 0 atom stereocenters. The molecule has 0 radical (unpaired) electrons. The van der Waals surface area contributed by atoms with E-state index >= 15 is 0 Å². The lowest BCUT2D eigenvalue weighted by molar-refractivity contribution is -0.120.